The van der Waals surface area contributed by atoms with Crippen molar-refractivity contribution in [1.29, 1.82) is 0 Å². The van der Waals surface area contributed by atoms with Crippen LogP contribution in [0.25, 0.3) is 0 Å². The van der Waals surface area contributed by atoms with E-state index in [4.69, 9.17) is 0 Å². The lowest BCUT2D eigenvalue weighted by Crippen LogP contribution is -2.46. The Morgan fingerprint density at radius 2 is 1.78 bits per heavy atom. The molecule has 1 N–H and O–H groups in total. The Hall–Kier alpha value is -2.01. The first kappa shape index (κ1) is 24.6. The zero-order valence-corrected chi connectivity index (χ0v) is 21.1. The first-order chi connectivity index (χ1) is 15.2. The molecule has 0 aliphatic carbocycles. The van der Waals surface area contributed by atoms with E-state index in [0.29, 0.717) is 29.3 Å². The summed E-state index contributed by atoms with van der Waals surface area (Å²) in [7, 11) is -3.64. The van der Waals surface area contributed by atoms with E-state index in [2.05, 4.69) is 27.0 Å². The highest BCUT2D eigenvalue weighted by molar-refractivity contribution is 7.89. The van der Waals surface area contributed by atoms with E-state index in [1.54, 1.807) is 12.1 Å². The van der Waals surface area contributed by atoms with Gasteiger partial charge in [0.2, 0.25) is 10.0 Å². The van der Waals surface area contributed by atoms with Crippen LogP contribution in [0.2, 0.25) is 0 Å². The van der Waals surface area contributed by atoms with Gasteiger partial charge in [0.05, 0.1) is 27.0 Å². The van der Waals surface area contributed by atoms with Gasteiger partial charge in [-0.15, -0.1) is 11.3 Å². The Balaban J connectivity index is 1.99. The molecule has 0 saturated carbocycles. The molecule has 0 unspecified atom stereocenters. The van der Waals surface area contributed by atoms with E-state index < -0.39 is 10.0 Å². The molecule has 1 aromatic carbocycles. The molecule has 1 aromatic heterocycles. The van der Waals surface area contributed by atoms with Gasteiger partial charge in [0, 0.05) is 39.3 Å². The molecule has 2 aromatic rings. The lowest BCUT2D eigenvalue weighted by molar-refractivity contribution is 0.102. The normalized spacial score (nSPS) is 15.4. The number of aryl methyl sites for hydroxylation is 2. The maximum absolute atomic E-state index is 13.1. The van der Waals surface area contributed by atoms with Crippen molar-refractivity contribution in [2.45, 2.75) is 39.5 Å². The number of thiazole rings is 1. The third-order valence-electron chi connectivity index (χ3n) is 5.83. The average molecular weight is 480 g/mol. The first-order valence-corrected chi connectivity index (χ1v) is 13.3. The van der Waals surface area contributed by atoms with Crippen LogP contribution in [0.1, 0.15) is 41.1 Å². The number of anilines is 2. The second-order valence-electron chi connectivity index (χ2n) is 7.79. The van der Waals surface area contributed by atoms with Gasteiger partial charge in [0.1, 0.15) is 4.88 Å². The number of hydrogen-bond donors (Lipinski definition) is 1. The molecule has 1 fully saturated rings. The summed E-state index contributed by atoms with van der Waals surface area (Å²) in [5.41, 5.74) is 2.03. The van der Waals surface area contributed by atoms with Crippen LogP contribution in [-0.4, -0.2) is 74.3 Å². The molecule has 1 amide bonds. The van der Waals surface area contributed by atoms with Crippen molar-refractivity contribution in [3.63, 3.8) is 0 Å². The number of benzene rings is 1. The molecule has 3 rings (SSSR count). The molecule has 176 valence electrons. The number of aromatic nitrogens is 1. The molecule has 1 aliphatic rings. The summed E-state index contributed by atoms with van der Waals surface area (Å²) in [6.45, 7) is 14.7. The van der Waals surface area contributed by atoms with Crippen molar-refractivity contribution in [2.24, 2.45) is 0 Å². The Morgan fingerprint density at radius 1 is 1.12 bits per heavy atom. The van der Waals surface area contributed by atoms with Gasteiger partial charge in [-0.25, -0.2) is 13.4 Å². The van der Waals surface area contributed by atoms with Crippen molar-refractivity contribution in [2.75, 3.05) is 56.0 Å². The van der Waals surface area contributed by atoms with Crippen LogP contribution in [0.4, 0.5) is 11.4 Å². The molecular weight excluding hydrogens is 446 g/mol. The summed E-state index contributed by atoms with van der Waals surface area (Å²) < 4.78 is 27.6. The van der Waals surface area contributed by atoms with Gasteiger partial charge in [0.25, 0.3) is 5.91 Å². The highest BCUT2D eigenvalue weighted by Gasteiger charge is 2.26. The molecular formula is C22H33N5O3S2. The van der Waals surface area contributed by atoms with Gasteiger partial charge in [-0.05, 0) is 38.6 Å². The number of likely N-dealkylation sites (N-methyl/N-ethyl adjacent to an activating group) is 1. The number of amides is 1. The summed E-state index contributed by atoms with van der Waals surface area (Å²) in [5, 5.41) is 3.80. The minimum absolute atomic E-state index is 0.185. The molecule has 1 aliphatic heterocycles. The highest BCUT2D eigenvalue weighted by atomic mass is 32.2. The van der Waals surface area contributed by atoms with E-state index in [1.165, 1.54) is 15.6 Å². The monoisotopic (exact) mass is 479 g/mol. The lowest BCUT2D eigenvalue weighted by Gasteiger charge is -2.36. The van der Waals surface area contributed by atoms with Crippen LogP contribution >= 0.6 is 11.3 Å². The molecule has 0 radical (unpaired) electrons. The lowest BCUT2D eigenvalue weighted by atomic mass is 10.2. The van der Waals surface area contributed by atoms with Gasteiger partial charge in [-0.1, -0.05) is 20.8 Å². The van der Waals surface area contributed by atoms with E-state index in [1.807, 2.05) is 33.8 Å². The van der Waals surface area contributed by atoms with Crippen LogP contribution < -0.4 is 10.2 Å². The molecule has 2 heterocycles. The number of nitrogens with zero attached hydrogens (tertiary/aromatic N) is 4. The zero-order chi connectivity index (χ0) is 23.5. The third kappa shape index (κ3) is 5.14. The van der Waals surface area contributed by atoms with Crippen molar-refractivity contribution in [3.8, 4) is 0 Å². The number of rotatable bonds is 8. The molecule has 32 heavy (non-hydrogen) atoms. The number of sulfonamides is 1. The van der Waals surface area contributed by atoms with Gasteiger partial charge in [-0.2, -0.15) is 4.31 Å². The standard InChI is InChI=1S/C22H33N5O3S2/c1-6-25-11-13-26(14-12-25)20-10-9-18(32(29,30)27(7-2)8-3)15-19(20)24-22(28)21-16(4)23-17(5)31-21/h9-10,15H,6-8,11-14H2,1-5H3,(H,24,28). The summed E-state index contributed by atoms with van der Waals surface area (Å²) >= 11 is 1.34. The van der Waals surface area contributed by atoms with E-state index in [9.17, 15) is 13.2 Å². The van der Waals surface area contributed by atoms with Crippen molar-refractivity contribution >= 4 is 38.6 Å². The zero-order valence-electron chi connectivity index (χ0n) is 19.5. The second-order valence-corrected chi connectivity index (χ2v) is 10.9. The Morgan fingerprint density at radius 3 is 2.31 bits per heavy atom. The SMILES string of the molecule is CCN1CCN(c2ccc(S(=O)(=O)N(CC)CC)cc2NC(=O)c2sc(C)nc2C)CC1. The summed E-state index contributed by atoms with van der Waals surface area (Å²) in [6, 6.07) is 5.06. The predicted octanol–water partition coefficient (Wildman–Crippen LogP) is 3.18. The van der Waals surface area contributed by atoms with Crippen LogP contribution in [-0.2, 0) is 10.0 Å². The fourth-order valence-electron chi connectivity index (χ4n) is 3.99. The topological polar surface area (TPSA) is 85.9 Å². The van der Waals surface area contributed by atoms with Crippen LogP contribution in [0.15, 0.2) is 23.1 Å². The molecule has 1 saturated heterocycles. The van der Waals surface area contributed by atoms with Crippen molar-refractivity contribution < 1.29 is 13.2 Å². The van der Waals surface area contributed by atoms with Crippen molar-refractivity contribution in [1.82, 2.24) is 14.2 Å². The Labute approximate surface area is 195 Å². The van der Waals surface area contributed by atoms with Crippen LogP contribution in [0, 0.1) is 13.8 Å². The Kier molecular flexibility index (Phi) is 7.92. The quantitative estimate of drug-likeness (QED) is 0.626. The maximum Gasteiger partial charge on any atom is 0.267 e. The summed E-state index contributed by atoms with van der Waals surface area (Å²) in [4.78, 5) is 22.7. The van der Waals surface area contributed by atoms with E-state index in [0.717, 1.165) is 43.4 Å². The average Bonchev–Trinajstić information content (AvgIpc) is 3.12. The Bertz CT molecular complexity index is 1060. The van der Waals surface area contributed by atoms with Gasteiger partial charge >= 0.3 is 0 Å². The third-order valence-corrected chi connectivity index (χ3v) is 8.95. The second kappa shape index (κ2) is 10.3. The molecule has 0 spiro atoms. The van der Waals surface area contributed by atoms with E-state index in [-0.39, 0.29) is 10.8 Å². The fourth-order valence-corrected chi connectivity index (χ4v) is 6.29. The number of carbonyl (C=O) groups is 1. The van der Waals surface area contributed by atoms with Crippen molar-refractivity contribution in [3.05, 3.63) is 33.8 Å². The molecule has 8 nitrogen and oxygen atoms in total. The maximum atomic E-state index is 13.1. The van der Waals surface area contributed by atoms with E-state index >= 15 is 0 Å². The number of hydrogen-bond acceptors (Lipinski definition) is 7. The first-order valence-electron chi connectivity index (χ1n) is 11.1. The number of carbonyl (C=O) groups excluding carboxylic acids is 1. The van der Waals surface area contributed by atoms with Crippen LogP contribution in [0.5, 0.6) is 0 Å². The predicted molar refractivity (Wildman–Crippen MR) is 130 cm³/mol. The largest absolute Gasteiger partial charge is 0.367 e. The number of nitrogens with one attached hydrogen (secondary N) is 1. The minimum Gasteiger partial charge on any atom is -0.367 e. The number of piperazine rings is 1. The van der Waals surface area contributed by atoms with Gasteiger partial charge < -0.3 is 15.1 Å². The van der Waals surface area contributed by atoms with Gasteiger partial charge in [0.15, 0.2) is 0 Å². The summed E-state index contributed by atoms with van der Waals surface area (Å²) in [5.74, 6) is -0.265. The molecule has 0 atom stereocenters. The van der Waals surface area contributed by atoms with Crippen LogP contribution in [0.3, 0.4) is 0 Å². The molecule has 0 bridgehead atoms. The minimum atomic E-state index is -3.64. The van der Waals surface area contributed by atoms with Gasteiger partial charge in [-0.3, -0.25) is 4.79 Å². The summed E-state index contributed by atoms with van der Waals surface area (Å²) in [6.07, 6.45) is 0. The fraction of sp³-hybridized carbons (Fsp3) is 0.545. The smallest absolute Gasteiger partial charge is 0.267 e. The highest BCUT2D eigenvalue weighted by Crippen LogP contribution is 2.32. The molecule has 10 heteroatoms.